The number of benzene rings is 1. The van der Waals surface area contributed by atoms with Gasteiger partial charge in [-0.1, -0.05) is 55.8 Å². The third-order valence-corrected chi connectivity index (χ3v) is 2.90. The van der Waals surface area contributed by atoms with E-state index in [4.69, 9.17) is 0 Å². The third kappa shape index (κ3) is 7.50. The summed E-state index contributed by atoms with van der Waals surface area (Å²) >= 11 is 0. The molecular formula is C16H24Ru. The van der Waals surface area contributed by atoms with Gasteiger partial charge in [-0.05, 0) is 44.1 Å². The van der Waals surface area contributed by atoms with Gasteiger partial charge in [-0.15, -0.1) is 0 Å². The Morgan fingerprint density at radius 1 is 0.882 bits per heavy atom. The smallest absolute Gasteiger partial charge is 0 e. The molecule has 0 saturated heterocycles. The first-order chi connectivity index (χ1) is 7.70. The Balaban J connectivity index is 0.000000316. The van der Waals surface area contributed by atoms with E-state index < -0.39 is 0 Å². The summed E-state index contributed by atoms with van der Waals surface area (Å²) in [6, 6.07) is 8.71. The second kappa shape index (κ2) is 9.60. The number of aryl methyl sites for hydroxylation is 1. The monoisotopic (exact) mass is 318 g/mol. The van der Waals surface area contributed by atoms with Crippen molar-refractivity contribution in [1.82, 2.24) is 0 Å². The molecule has 1 aromatic carbocycles. The predicted octanol–water partition coefficient (Wildman–Crippen LogP) is 5.23. The standard InChI is InChI=1S/C10H14.C6H10.Ru/c1-8(2)10-6-4-9(3)5-7-10;1-2-4-6-5-3-1;/h4-8H,1-3H3;1-2H,3-6H2;. The van der Waals surface area contributed by atoms with Gasteiger partial charge in [-0.25, -0.2) is 0 Å². The van der Waals surface area contributed by atoms with Crippen LogP contribution in [0.15, 0.2) is 36.4 Å². The Hall–Kier alpha value is -0.417. The van der Waals surface area contributed by atoms with Crippen LogP contribution in [0.4, 0.5) is 0 Å². The van der Waals surface area contributed by atoms with E-state index in [-0.39, 0.29) is 19.5 Å². The largest absolute Gasteiger partial charge is 0.0885 e. The molecule has 0 amide bonds. The molecule has 0 fully saturated rings. The fourth-order valence-corrected chi connectivity index (χ4v) is 1.71. The molecule has 1 aliphatic carbocycles. The summed E-state index contributed by atoms with van der Waals surface area (Å²) < 4.78 is 0. The molecule has 0 unspecified atom stereocenters. The molecule has 0 aromatic heterocycles. The Kier molecular flexibility index (Phi) is 9.36. The number of hydrogen-bond acceptors (Lipinski definition) is 0. The summed E-state index contributed by atoms with van der Waals surface area (Å²) in [5, 5.41) is 0. The third-order valence-electron chi connectivity index (χ3n) is 2.90. The minimum atomic E-state index is 0. The summed E-state index contributed by atoms with van der Waals surface area (Å²) in [4.78, 5) is 0. The Bertz CT molecular complexity index is 301. The SMILES string of the molecule is C1=CCCCC1.Cc1ccc(C(C)C)cc1.[Ru]. The molecule has 1 aromatic rings. The molecule has 96 valence electrons. The second-order valence-electron chi connectivity index (χ2n) is 4.82. The molecule has 0 nitrogen and oxygen atoms in total. The van der Waals surface area contributed by atoms with Crippen molar-refractivity contribution in [3.8, 4) is 0 Å². The van der Waals surface area contributed by atoms with Crippen LogP contribution in [-0.2, 0) is 19.5 Å². The van der Waals surface area contributed by atoms with Gasteiger partial charge >= 0.3 is 0 Å². The van der Waals surface area contributed by atoms with Crippen molar-refractivity contribution in [3.63, 3.8) is 0 Å². The molecule has 0 heterocycles. The summed E-state index contributed by atoms with van der Waals surface area (Å²) in [6.07, 6.45) is 10.0. The van der Waals surface area contributed by atoms with Gasteiger partial charge in [0.1, 0.15) is 0 Å². The van der Waals surface area contributed by atoms with Crippen LogP contribution in [0, 0.1) is 6.92 Å². The molecule has 0 atom stereocenters. The Morgan fingerprint density at radius 2 is 1.35 bits per heavy atom. The average molecular weight is 317 g/mol. The van der Waals surface area contributed by atoms with E-state index in [0.29, 0.717) is 5.92 Å². The molecular weight excluding hydrogens is 293 g/mol. The van der Waals surface area contributed by atoms with E-state index in [9.17, 15) is 0 Å². The zero-order valence-electron chi connectivity index (χ0n) is 11.2. The Labute approximate surface area is 119 Å². The first-order valence-electron chi connectivity index (χ1n) is 6.41. The van der Waals surface area contributed by atoms with Crippen molar-refractivity contribution in [1.29, 1.82) is 0 Å². The zero-order chi connectivity index (χ0) is 11.8. The molecule has 2 rings (SSSR count). The zero-order valence-corrected chi connectivity index (χ0v) is 13.0. The predicted molar refractivity (Wildman–Crippen MR) is 72.9 cm³/mol. The van der Waals surface area contributed by atoms with E-state index >= 15 is 0 Å². The van der Waals surface area contributed by atoms with Gasteiger partial charge in [-0.2, -0.15) is 0 Å². The normalized spacial score (nSPS) is 13.6. The first kappa shape index (κ1) is 16.6. The van der Waals surface area contributed by atoms with Crippen molar-refractivity contribution in [3.05, 3.63) is 47.5 Å². The minimum Gasteiger partial charge on any atom is -0.0885 e. The number of rotatable bonds is 1. The molecule has 0 N–H and O–H groups in total. The van der Waals surface area contributed by atoms with Crippen LogP contribution >= 0.6 is 0 Å². The summed E-state index contributed by atoms with van der Waals surface area (Å²) in [7, 11) is 0. The number of allylic oxidation sites excluding steroid dienone is 2. The van der Waals surface area contributed by atoms with Crippen molar-refractivity contribution in [2.75, 3.05) is 0 Å². The van der Waals surface area contributed by atoms with Gasteiger partial charge in [0.25, 0.3) is 0 Å². The van der Waals surface area contributed by atoms with Gasteiger partial charge < -0.3 is 0 Å². The van der Waals surface area contributed by atoms with E-state index in [2.05, 4.69) is 57.2 Å². The summed E-state index contributed by atoms with van der Waals surface area (Å²) in [6.45, 7) is 6.54. The Morgan fingerprint density at radius 3 is 1.65 bits per heavy atom. The minimum absolute atomic E-state index is 0. The van der Waals surface area contributed by atoms with Crippen LogP contribution in [0.2, 0.25) is 0 Å². The van der Waals surface area contributed by atoms with Gasteiger partial charge in [-0.3, -0.25) is 0 Å². The fourth-order valence-electron chi connectivity index (χ4n) is 1.71. The van der Waals surface area contributed by atoms with Crippen LogP contribution in [0.1, 0.15) is 56.6 Å². The van der Waals surface area contributed by atoms with Crippen LogP contribution < -0.4 is 0 Å². The quantitative estimate of drug-likeness (QED) is 0.491. The van der Waals surface area contributed by atoms with E-state index in [1.807, 2.05) is 0 Å². The van der Waals surface area contributed by atoms with Crippen LogP contribution in [-0.4, -0.2) is 0 Å². The topological polar surface area (TPSA) is 0 Å². The molecule has 0 radical (unpaired) electrons. The van der Waals surface area contributed by atoms with Gasteiger partial charge in [0, 0.05) is 19.5 Å². The van der Waals surface area contributed by atoms with Gasteiger partial charge in [0.15, 0.2) is 0 Å². The van der Waals surface area contributed by atoms with Crippen LogP contribution in [0.25, 0.3) is 0 Å². The maximum Gasteiger partial charge on any atom is 0 e. The van der Waals surface area contributed by atoms with Crippen molar-refractivity contribution >= 4 is 0 Å². The van der Waals surface area contributed by atoms with Crippen molar-refractivity contribution in [2.45, 2.75) is 52.4 Å². The van der Waals surface area contributed by atoms with Gasteiger partial charge in [0.05, 0.1) is 0 Å². The van der Waals surface area contributed by atoms with Crippen LogP contribution in [0.5, 0.6) is 0 Å². The number of hydrogen-bond donors (Lipinski definition) is 0. The van der Waals surface area contributed by atoms with E-state index in [0.717, 1.165) is 0 Å². The maximum absolute atomic E-state index is 2.27. The average Bonchev–Trinajstić information content (AvgIpc) is 2.32. The molecule has 0 spiro atoms. The summed E-state index contributed by atoms with van der Waals surface area (Å²) in [5.74, 6) is 0.653. The van der Waals surface area contributed by atoms with Gasteiger partial charge in [0.2, 0.25) is 0 Å². The summed E-state index contributed by atoms with van der Waals surface area (Å²) in [5.41, 5.74) is 2.76. The fraction of sp³-hybridized carbons (Fsp3) is 0.500. The molecule has 0 saturated carbocycles. The molecule has 1 aliphatic rings. The second-order valence-corrected chi connectivity index (χ2v) is 4.82. The van der Waals surface area contributed by atoms with Crippen molar-refractivity contribution < 1.29 is 19.5 Å². The maximum atomic E-state index is 2.27. The van der Waals surface area contributed by atoms with Crippen molar-refractivity contribution in [2.24, 2.45) is 0 Å². The molecule has 0 bridgehead atoms. The molecule has 17 heavy (non-hydrogen) atoms. The van der Waals surface area contributed by atoms with E-state index in [1.165, 1.54) is 36.8 Å². The first-order valence-corrected chi connectivity index (χ1v) is 6.41. The molecule has 0 aliphatic heterocycles. The van der Waals surface area contributed by atoms with Crippen LogP contribution in [0.3, 0.4) is 0 Å². The van der Waals surface area contributed by atoms with E-state index in [1.54, 1.807) is 0 Å². The molecule has 1 heteroatoms.